The number of aromatic carboxylic acids is 1. The van der Waals surface area contributed by atoms with Gasteiger partial charge < -0.3 is 9.84 Å². The fourth-order valence-corrected chi connectivity index (χ4v) is 1.78. The molecular weight excluding hydrogens is 244 g/mol. The molecule has 0 radical (unpaired) electrons. The van der Waals surface area contributed by atoms with Crippen molar-refractivity contribution >= 4 is 5.97 Å². The number of hydrogen-bond acceptors (Lipinski definition) is 3. The lowest BCUT2D eigenvalue weighted by Crippen LogP contribution is -2.05. The van der Waals surface area contributed by atoms with Crippen molar-refractivity contribution in [3.63, 3.8) is 0 Å². The van der Waals surface area contributed by atoms with E-state index in [0.717, 1.165) is 11.3 Å². The van der Waals surface area contributed by atoms with Crippen LogP contribution in [0.4, 0.5) is 0 Å². The van der Waals surface area contributed by atoms with E-state index in [1.807, 2.05) is 38.1 Å². The van der Waals surface area contributed by atoms with Crippen LogP contribution in [0.2, 0.25) is 0 Å². The lowest BCUT2D eigenvalue weighted by molar-refractivity contribution is 0.0685. The largest absolute Gasteiger partial charge is 0.491 e. The van der Waals surface area contributed by atoms with Crippen molar-refractivity contribution in [2.24, 2.45) is 7.05 Å². The van der Waals surface area contributed by atoms with Gasteiger partial charge in [-0.25, -0.2) is 4.79 Å². The van der Waals surface area contributed by atoms with E-state index in [9.17, 15) is 4.79 Å². The molecule has 2 rings (SSSR count). The summed E-state index contributed by atoms with van der Waals surface area (Å²) in [5.41, 5.74) is 1.66. The van der Waals surface area contributed by atoms with Gasteiger partial charge in [0.05, 0.1) is 11.8 Å². The number of hydrogen-bond donors (Lipinski definition) is 1. The number of carboxylic acid groups (broad SMARTS) is 1. The molecule has 0 unspecified atom stereocenters. The highest BCUT2D eigenvalue weighted by molar-refractivity contribution is 5.87. The fourth-order valence-electron chi connectivity index (χ4n) is 1.78. The molecule has 0 saturated heterocycles. The molecule has 1 heterocycles. The van der Waals surface area contributed by atoms with Crippen molar-refractivity contribution in [1.82, 2.24) is 9.78 Å². The molecule has 0 fully saturated rings. The van der Waals surface area contributed by atoms with Gasteiger partial charge in [0.2, 0.25) is 0 Å². The summed E-state index contributed by atoms with van der Waals surface area (Å²) in [5, 5.41) is 13.2. The highest BCUT2D eigenvalue weighted by atomic mass is 16.5. The van der Waals surface area contributed by atoms with Gasteiger partial charge in [0.1, 0.15) is 11.4 Å². The van der Waals surface area contributed by atoms with E-state index in [2.05, 4.69) is 5.10 Å². The minimum Gasteiger partial charge on any atom is -0.491 e. The molecule has 1 aromatic heterocycles. The molecule has 1 aromatic carbocycles. The second kappa shape index (κ2) is 5.14. The fraction of sp³-hybridized carbons (Fsp3) is 0.286. The lowest BCUT2D eigenvalue weighted by atomic mass is 10.1. The van der Waals surface area contributed by atoms with Crippen LogP contribution in [0, 0.1) is 0 Å². The minimum absolute atomic E-state index is 0.124. The van der Waals surface area contributed by atoms with Crippen molar-refractivity contribution in [3.05, 3.63) is 36.0 Å². The van der Waals surface area contributed by atoms with Crippen LogP contribution in [-0.2, 0) is 7.05 Å². The summed E-state index contributed by atoms with van der Waals surface area (Å²) < 4.78 is 6.91. The highest BCUT2D eigenvalue weighted by Gasteiger charge is 2.12. The van der Waals surface area contributed by atoms with Gasteiger partial charge in [-0.05, 0) is 44.2 Å². The van der Waals surface area contributed by atoms with Gasteiger partial charge in [0.25, 0.3) is 0 Å². The van der Waals surface area contributed by atoms with Crippen LogP contribution in [0.1, 0.15) is 24.3 Å². The Labute approximate surface area is 111 Å². The summed E-state index contributed by atoms with van der Waals surface area (Å²) in [6.45, 7) is 3.93. The van der Waals surface area contributed by atoms with Crippen LogP contribution in [-0.4, -0.2) is 27.0 Å². The number of nitrogens with zero attached hydrogens (tertiary/aromatic N) is 2. The van der Waals surface area contributed by atoms with Crippen molar-refractivity contribution in [2.75, 3.05) is 0 Å². The first kappa shape index (κ1) is 13.1. The number of aromatic nitrogens is 2. The highest BCUT2D eigenvalue weighted by Crippen LogP contribution is 2.22. The van der Waals surface area contributed by atoms with Crippen molar-refractivity contribution in [1.29, 1.82) is 0 Å². The summed E-state index contributed by atoms with van der Waals surface area (Å²) >= 11 is 0. The Bertz CT molecular complexity index is 585. The summed E-state index contributed by atoms with van der Waals surface area (Å²) in [4.78, 5) is 11.0. The first-order valence-electron chi connectivity index (χ1n) is 6.02. The van der Waals surface area contributed by atoms with Crippen molar-refractivity contribution in [2.45, 2.75) is 20.0 Å². The quantitative estimate of drug-likeness (QED) is 0.917. The molecular formula is C14H16N2O3. The molecule has 1 N–H and O–H groups in total. The molecule has 2 aromatic rings. The number of aryl methyl sites for hydroxylation is 1. The van der Waals surface area contributed by atoms with Gasteiger partial charge in [-0.3, -0.25) is 4.68 Å². The van der Waals surface area contributed by atoms with Gasteiger partial charge in [0.15, 0.2) is 0 Å². The number of benzene rings is 1. The Morgan fingerprint density at radius 3 is 2.42 bits per heavy atom. The molecule has 0 aliphatic rings. The normalized spacial score (nSPS) is 10.7. The number of carbonyl (C=O) groups is 1. The summed E-state index contributed by atoms with van der Waals surface area (Å²) in [5.74, 6) is -0.200. The second-order valence-corrected chi connectivity index (χ2v) is 4.53. The number of carboxylic acids is 1. The Morgan fingerprint density at radius 2 is 1.95 bits per heavy atom. The SMILES string of the molecule is CC(C)Oc1ccc(-c2cc(C(=O)O)n(C)n2)cc1. The van der Waals surface area contributed by atoms with Gasteiger partial charge in [-0.15, -0.1) is 0 Å². The molecule has 0 saturated carbocycles. The topological polar surface area (TPSA) is 64.3 Å². The molecule has 19 heavy (non-hydrogen) atoms. The molecule has 0 atom stereocenters. The molecule has 0 aliphatic heterocycles. The number of ether oxygens (including phenoxy) is 1. The van der Waals surface area contributed by atoms with E-state index in [1.54, 1.807) is 13.1 Å². The third kappa shape index (κ3) is 2.93. The van der Waals surface area contributed by atoms with Crippen LogP contribution < -0.4 is 4.74 Å². The zero-order valence-corrected chi connectivity index (χ0v) is 11.1. The van der Waals surface area contributed by atoms with Gasteiger partial charge in [-0.2, -0.15) is 5.10 Å². The average Bonchev–Trinajstić information content (AvgIpc) is 2.71. The van der Waals surface area contributed by atoms with E-state index in [-0.39, 0.29) is 11.8 Å². The van der Waals surface area contributed by atoms with Gasteiger partial charge in [0, 0.05) is 12.6 Å². The minimum atomic E-state index is -0.985. The van der Waals surface area contributed by atoms with Crippen LogP contribution in [0.15, 0.2) is 30.3 Å². The third-order valence-corrected chi connectivity index (χ3v) is 2.62. The summed E-state index contributed by atoms with van der Waals surface area (Å²) in [6.07, 6.45) is 0.124. The lowest BCUT2D eigenvalue weighted by Gasteiger charge is -2.09. The van der Waals surface area contributed by atoms with E-state index in [1.165, 1.54) is 4.68 Å². The Morgan fingerprint density at radius 1 is 1.32 bits per heavy atom. The molecule has 0 bridgehead atoms. The second-order valence-electron chi connectivity index (χ2n) is 4.53. The maximum absolute atomic E-state index is 11.0. The predicted molar refractivity (Wildman–Crippen MR) is 71.4 cm³/mol. The Hall–Kier alpha value is -2.30. The van der Waals surface area contributed by atoms with Crippen molar-refractivity contribution < 1.29 is 14.6 Å². The Kier molecular flexibility index (Phi) is 3.55. The summed E-state index contributed by atoms with van der Waals surface area (Å²) in [6, 6.07) is 8.99. The first-order chi connectivity index (χ1) is 8.97. The molecule has 0 amide bonds. The standard InChI is InChI=1S/C14H16N2O3/c1-9(2)19-11-6-4-10(5-7-11)12-8-13(14(17)18)16(3)15-12/h4-9H,1-3H3,(H,17,18). The first-order valence-corrected chi connectivity index (χ1v) is 6.02. The van der Waals surface area contributed by atoms with E-state index < -0.39 is 5.97 Å². The van der Waals surface area contributed by atoms with Gasteiger partial charge in [-0.1, -0.05) is 0 Å². The van der Waals surface area contributed by atoms with Crippen LogP contribution >= 0.6 is 0 Å². The zero-order valence-electron chi connectivity index (χ0n) is 11.1. The average molecular weight is 260 g/mol. The van der Waals surface area contributed by atoms with Crippen LogP contribution in [0.5, 0.6) is 5.75 Å². The van der Waals surface area contributed by atoms with Gasteiger partial charge >= 0.3 is 5.97 Å². The van der Waals surface area contributed by atoms with E-state index in [0.29, 0.717) is 5.69 Å². The monoisotopic (exact) mass is 260 g/mol. The smallest absolute Gasteiger partial charge is 0.354 e. The van der Waals surface area contributed by atoms with Crippen molar-refractivity contribution in [3.8, 4) is 17.0 Å². The third-order valence-electron chi connectivity index (χ3n) is 2.62. The molecule has 0 spiro atoms. The predicted octanol–water partition coefficient (Wildman–Crippen LogP) is 2.57. The van der Waals surface area contributed by atoms with E-state index in [4.69, 9.17) is 9.84 Å². The maximum Gasteiger partial charge on any atom is 0.354 e. The molecule has 0 aliphatic carbocycles. The molecule has 5 heteroatoms. The van der Waals surface area contributed by atoms with Crippen LogP contribution in [0.25, 0.3) is 11.3 Å². The molecule has 100 valence electrons. The summed E-state index contributed by atoms with van der Waals surface area (Å²) in [7, 11) is 1.61. The zero-order chi connectivity index (χ0) is 14.0. The number of rotatable bonds is 4. The van der Waals surface area contributed by atoms with Crippen LogP contribution in [0.3, 0.4) is 0 Å². The van der Waals surface area contributed by atoms with E-state index >= 15 is 0 Å². The maximum atomic E-state index is 11.0. The Balaban J connectivity index is 2.27. The molecule has 5 nitrogen and oxygen atoms in total.